The molecule has 3 aromatic rings. The zero-order chi connectivity index (χ0) is 24.6. The predicted molar refractivity (Wildman–Crippen MR) is 124 cm³/mol. The second-order valence-corrected chi connectivity index (χ2v) is 8.37. The molecule has 1 atom stereocenters. The van der Waals surface area contributed by atoms with Crippen molar-refractivity contribution >= 4 is 39.9 Å². The summed E-state index contributed by atoms with van der Waals surface area (Å²) < 4.78 is 9.98. The number of amides is 1. The number of benzene rings is 2. The third kappa shape index (κ3) is 3.88. The first kappa shape index (κ1) is 23.0. The van der Waals surface area contributed by atoms with Gasteiger partial charge in [-0.1, -0.05) is 35.6 Å². The monoisotopic (exact) mass is 480 g/mol. The molecule has 1 fully saturated rings. The summed E-state index contributed by atoms with van der Waals surface area (Å²) in [6.07, 6.45) is 0. The molecule has 0 bridgehead atoms. The van der Waals surface area contributed by atoms with E-state index in [0.717, 1.165) is 16.2 Å². The Morgan fingerprint density at radius 1 is 1.12 bits per heavy atom. The molecule has 1 amide bonds. The van der Waals surface area contributed by atoms with Crippen molar-refractivity contribution in [1.82, 2.24) is 4.98 Å². The van der Waals surface area contributed by atoms with Crippen LogP contribution in [0.4, 0.5) is 5.13 Å². The van der Waals surface area contributed by atoms with E-state index in [0.29, 0.717) is 17.0 Å². The fraction of sp³-hybridized carbons (Fsp3) is 0.167. The Kier molecular flexibility index (Phi) is 6.08. The maximum Gasteiger partial charge on any atom is 0.350 e. The number of aromatic hydroxyl groups is 1. The van der Waals surface area contributed by atoms with Gasteiger partial charge < -0.3 is 19.7 Å². The van der Waals surface area contributed by atoms with Gasteiger partial charge in [0.2, 0.25) is 0 Å². The molecular formula is C24H20N2O7S. The van der Waals surface area contributed by atoms with Gasteiger partial charge in [0.25, 0.3) is 5.78 Å². The molecule has 4 rings (SSSR count). The first-order valence-corrected chi connectivity index (χ1v) is 10.9. The van der Waals surface area contributed by atoms with Gasteiger partial charge in [-0.25, -0.2) is 9.78 Å². The van der Waals surface area contributed by atoms with Crippen molar-refractivity contribution in [2.75, 3.05) is 19.1 Å². The fourth-order valence-electron chi connectivity index (χ4n) is 3.70. The molecule has 0 aliphatic carbocycles. The highest BCUT2D eigenvalue weighted by Gasteiger charge is 2.48. The standard InChI is InChI=1S/C24H20N2O7S/c1-12-21(23(31)33-3)34-24(25-12)26-18(13-7-9-15(27)10-8-13)17(20(29)22(26)30)19(28)14-5-4-6-16(11-14)32-2/h4-11,18,27-28H,1-3H3/b19-17-. The van der Waals surface area contributed by atoms with Crippen molar-refractivity contribution in [2.45, 2.75) is 13.0 Å². The lowest BCUT2D eigenvalue weighted by Gasteiger charge is -2.23. The van der Waals surface area contributed by atoms with Crippen molar-refractivity contribution < 1.29 is 34.1 Å². The number of aliphatic hydroxyl groups is 1. The van der Waals surface area contributed by atoms with Crippen LogP contribution in [-0.2, 0) is 14.3 Å². The molecule has 0 saturated carbocycles. The van der Waals surface area contributed by atoms with E-state index < -0.39 is 23.7 Å². The average Bonchev–Trinajstić information content (AvgIpc) is 3.35. The number of ether oxygens (including phenoxy) is 2. The van der Waals surface area contributed by atoms with Crippen molar-refractivity contribution in [2.24, 2.45) is 0 Å². The van der Waals surface area contributed by atoms with Crippen LogP contribution in [0, 0.1) is 6.92 Å². The van der Waals surface area contributed by atoms with E-state index in [1.54, 1.807) is 43.3 Å². The number of rotatable bonds is 5. The molecule has 34 heavy (non-hydrogen) atoms. The normalized spacial score (nSPS) is 17.1. The van der Waals surface area contributed by atoms with Gasteiger partial charge in [0, 0.05) is 5.56 Å². The van der Waals surface area contributed by atoms with Crippen LogP contribution in [0.15, 0.2) is 54.1 Å². The highest BCUT2D eigenvalue weighted by Crippen LogP contribution is 2.44. The minimum Gasteiger partial charge on any atom is -0.508 e. The van der Waals surface area contributed by atoms with Gasteiger partial charge in [0.15, 0.2) is 5.13 Å². The summed E-state index contributed by atoms with van der Waals surface area (Å²) >= 11 is 0.906. The van der Waals surface area contributed by atoms with Gasteiger partial charge in [0.1, 0.15) is 22.1 Å². The average molecular weight is 480 g/mol. The molecule has 9 nitrogen and oxygen atoms in total. The molecule has 1 aromatic heterocycles. The number of nitrogens with zero attached hydrogens (tertiary/aromatic N) is 2. The number of phenols is 1. The number of carbonyl (C=O) groups excluding carboxylic acids is 3. The third-order valence-electron chi connectivity index (χ3n) is 5.36. The van der Waals surface area contributed by atoms with Gasteiger partial charge in [-0.2, -0.15) is 0 Å². The van der Waals surface area contributed by atoms with Crippen molar-refractivity contribution in [1.29, 1.82) is 0 Å². The first-order valence-electron chi connectivity index (χ1n) is 10.1. The minimum atomic E-state index is -1.05. The van der Waals surface area contributed by atoms with Gasteiger partial charge in [-0.05, 0) is 36.8 Å². The number of aliphatic hydroxyl groups excluding tert-OH is 1. The number of hydrogen-bond donors (Lipinski definition) is 2. The molecule has 0 spiro atoms. The molecule has 0 radical (unpaired) electrons. The van der Waals surface area contributed by atoms with Crippen LogP contribution in [0.2, 0.25) is 0 Å². The number of phenolic OH excluding ortho intramolecular Hbond substituents is 1. The summed E-state index contributed by atoms with van der Waals surface area (Å²) in [4.78, 5) is 44.1. The summed E-state index contributed by atoms with van der Waals surface area (Å²) in [5.41, 5.74) is 0.919. The number of hydrogen-bond acceptors (Lipinski definition) is 9. The Morgan fingerprint density at radius 2 is 1.82 bits per heavy atom. The number of carbonyl (C=O) groups is 3. The smallest absolute Gasteiger partial charge is 0.350 e. The van der Waals surface area contributed by atoms with Crippen molar-refractivity contribution in [3.8, 4) is 11.5 Å². The second-order valence-electron chi connectivity index (χ2n) is 7.40. The number of thiazole rings is 1. The van der Waals surface area contributed by atoms with Crippen molar-refractivity contribution in [3.05, 3.63) is 75.8 Å². The maximum atomic E-state index is 13.2. The van der Waals surface area contributed by atoms with E-state index >= 15 is 0 Å². The molecule has 174 valence electrons. The predicted octanol–water partition coefficient (Wildman–Crippen LogP) is 3.58. The number of aromatic nitrogens is 1. The lowest BCUT2D eigenvalue weighted by molar-refractivity contribution is -0.132. The molecule has 2 aromatic carbocycles. The van der Waals surface area contributed by atoms with E-state index in [4.69, 9.17) is 9.47 Å². The zero-order valence-electron chi connectivity index (χ0n) is 18.4. The van der Waals surface area contributed by atoms with Crippen LogP contribution >= 0.6 is 11.3 Å². The Bertz CT molecular complexity index is 1330. The zero-order valence-corrected chi connectivity index (χ0v) is 19.3. The molecule has 1 aliphatic rings. The Balaban J connectivity index is 1.93. The summed E-state index contributed by atoms with van der Waals surface area (Å²) in [6.45, 7) is 1.59. The van der Waals surface area contributed by atoms with Crippen molar-refractivity contribution in [3.63, 3.8) is 0 Å². The third-order valence-corrected chi connectivity index (χ3v) is 6.50. The molecule has 2 heterocycles. The lowest BCUT2D eigenvalue weighted by atomic mass is 9.95. The Labute approximate surface area is 198 Å². The topological polar surface area (TPSA) is 126 Å². The number of esters is 1. The van der Waals surface area contributed by atoms with Gasteiger partial charge in [-0.15, -0.1) is 0 Å². The van der Waals surface area contributed by atoms with Gasteiger partial charge in [0.05, 0.1) is 31.5 Å². The highest BCUT2D eigenvalue weighted by atomic mass is 32.1. The largest absolute Gasteiger partial charge is 0.508 e. The summed E-state index contributed by atoms with van der Waals surface area (Å²) in [7, 11) is 2.70. The SMILES string of the molecule is COC(=O)c1sc(N2C(=O)C(=O)/C(=C(\O)c3cccc(OC)c3)C2c2ccc(O)cc2)nc1C. The minimum absolute atomic E-state index is 0.00781. The molecule has 1 unspecified atom stereocenters. The molecular weight excluding hydrogens is 460 g/mol. The number of ketones is 1. The first-order chi connectivity index (χ1) is 16.3. The van der Waals surface area contributed by atoms with Gasteiger partial charge in [-0.3, -0.25) is 14.5 Å². The molecule has 1 saturated heterocycles. The van der Waals surface area contributed by atoms with E-state index in [9.17, 15) is 24.6 Å². The highest BCUT2D eigenvalue weighted by molar-refractivity contribution is 7.17. The van der Waals surface area contributed by atoms with E-state index in [1.165, 1.54) is 26.4 Å². The second kappa shape index (κ2) is 8.99. The quantitative estimate of drug-likeness (QED) is 0.246. The molecule has 2 N–H and O–H groups in total. The lowest BCUT2D eigenvalue weighted by Crippen LogP contribution is -2.29. The van der Waals surface area contributed by atoms with Crippen LogP contribution in [0.3, 0.4) is 0 Å². The molecule has 10 heteroatoms. The number of methoxy groups -OCH3 is 2. The molecule has 1 aliphatic heterocycles. The number of anilines is 1. The summed E-state index contributed by atoms with van der Waals surface area (Å²) in [6, 6.07) is 11.3. The van der Waals surface area contributed by atoms with E-state index in [-0.39, 0.29) is 32.7 Å². The number of aryl methyl sites for hydroxylation is 1. The maximum absolute atomic E-state index is 13.2. The summed E-state index contributed by atoms with van der Waals surface area (Å²) in [5, 5.41) is 21.0. The summed E-state index contributed by atoms with van der Waals surface area (Å²) in [5.74, 6) is -2.38. The van der Waals surface area contributed by atoms with Crippen LogP contribution in [0.1, 0.15) is 32.5 Å². The van der Waals surface area contributed by atoms with E-state index in [2.05, 4.69) is 4.98 Å². The van der Waals surface area contributed by atoms with Crippen LogP contribution < -0.4 is 9.64 Å². The fourth-order valence-corrected chi connectivity index (χ4v) is 4.71. The Hall–Kier alpha value is -4.18. The van der Waals surface area contributed by atoms with E-state index in [1.807, 2.05) is 0 Å². The number of Topliss-reactive ketones (excluding diaryl/α,β-unsaturated/α-hetero) is 1. The van der Waals surface area contributed by atoms with Crippen LogP contribution in [-0.4, -0.2) is 47.1 Å². The van der Waals surface area contributed by atoms with Gasteiger partial charge >= 0.3 is 11.9 Å². The van der Waals surface area contributed by atoms with Crippen LogP contribution in [0.5, 0.6) is 11.5 Å². The van der Waals surface area contributed by atoms with Crippen LogP contribution in [0.25, 0.3) is 5.76 Å². The Morgan fingerprint density at radius 3 is 2.47 bits per heavy atom.